The average molecular weight is 1580 g/mol. The third-order valence-corrected chi connectivity index (χ3v) is 16.7. The van der Waals surface area contributed by atoms with Crippen LogP contribution in [0.1, 0.15) is 252 Å². The Morgan fingerprint density at radius 1 is 0.509 bits per heavy atom. The number of aliphatic imine (C=N–C) groups is 2. The van der Waals surface area contributed by atoms with Crippen LogP contribution < -0.4 is 17.2 Å². The molecule has 108 heavy (non-hydrogen) atoms. The van der Waals surface area contributed by atoms with Crippen molar-refractivity contribution >= 4 is 83.5 Å². The summed E-state index contributed by atoms with van der Waals surface area (Å²) in [4.78, 5) is 99.7. The van der Waals surface area contributed by atoms with Gasteiger partial charge in [0.15, 0.2) is 0 Å². The van der Waals surface area contributed by atoms with Gasteiger partial charge in [-0.1, -0.05) is 109 Å². The number of nitrogens with two attached hydrogens (primary N) is 3. The second-order valence-electron chi connectivity index (χ2n) is 32.0. The van der Waals surface area contributed by atoms with Crippen LogP contribution >= 0.6 is 0 Å². The van der Waals surface area contributed by atoms with Crippen molar-refractivity contribution < 1.29 is 134 Å². The van der Waals surface area contributed by atoms with Crippen LogP contribution in [0, 0.1) is 55.2 Å². The second-order valence-corrected chi connectivity index (χ2v) is 32.0. The number of hydrogen-bond donors (Lipinski definition) is 19. The third-order valence-electron chi connectivity index (χ3n) is 16.7. The van der Waals surface area contributed by atoms with E-state index in [1.165, 1.54) is 6.42 Å². The van der Waals surface area contributed by atoms with E-state index in [-0.39, 0.29) is 155 Å². The summed E-state index contributed by atoms with van der Waals surface area (Å²) in [6.07, 6.45) is 18.5. The van der Waals surface area contributed by atoms with Gasteiger partial charge in [0.1, 0.15) is 0 Å². The molecule has 0 bridgehead atoms. The van der Waals surface area contributed by atoms with Crippen molar-refractivity contribution in [1.29, 1.82) is 0 Å². The monoisotopic (exact) mass is 1580 g/mol. The molecule has 0 aromatic rings. The van der Waals surface area contributed by atoms with Gasteiger partial charge < -0.3 is 108 Å². The molecule has 2 rings (SSSR count). The van der Waals surface area contributed by atoms with Crippen molar-refractivity contribution in [3.05, 3.63) is 0 Å². The number of aliphatic hydroxyl groups excluding tert-OH is 9. The zero-order chi connectivity index (χ0) is 85.2. The molecule has 637 valence electrons. The predicted octanol–water partition coefficient (Wildman–Crippen LogP) is 6.75. The molecule has 2 fully saturated rings. The fourth-order valence-electron chi connectivity index (χ4n) is 11.4. The number of aliphatic carboxylic acids is 7. The molecule has 0 aliphatic heterocycles. The average Bonchev–Trinajstić information content (AvgIpc) is 0.809. The largest absolute Gasteiger partial charge is 0.481 e. The van der Waals surface area contributed by atoms with E-state index in [2.05, 4.69) is 51.5 Å². The standard InChI is InChI=1S/C12H18N2O2.C10H22N2.2C9H16O4.C6H13NO2.C6H14O4.C6H10O4.C6H14O3.C6H14O2.C5H12O2.Na/c1-11(2)4-10(14-9-16)5-12(3,6-11)7-13-8-15;1-9(2)4-8(12)5-10(3,6-9)7-11;1-6(8(12)13)4-9(2,3)5-7(10)11;1-6(4-7(10)11)5-9(2,3)8(12)13;7-5-3-1-2-4-6(8)9;7-1-3-9-5-6-10-4-2-8;7-5(8)3-1-2-4-6(9)10;1-2-6(3-7,4-8)5-9;7-5-3-1-2-4-6-8;1-5(2,3-6)4-7;/h10H,4-7H2,1-3H3;8H,4-7,11-12H2,1-3H3;2*6H,4-5H2,1-3H3,(H,10,11)(H,12,13);1-5,7H2,(H,8,9);7-8H,1-6H2;1-4H2,(H,7,8)(H,9,10);7-9H,2-5H2,1H3;7-8H,1-6H2;6-7H,3-4H2,1-2H3;. The molecular weight excluding hydrogens is 1430 g/mol. The Kier molecular flexibility index (Phi) is 80.6. The van der Waals surface area contributed by atoms with Gasteiger partial charge in [0.25, 0.3) is 0 Å². The van der Waals surface area contributed by atoms with E-state index in [4.69, 9.17) is 108 Å². The van der Waals surface area contributed by atoms with Gasteiger partial charge in [0, 0.05) is 85.3 Å². The summed E-state index contributed by atoms with van der Waals surface area (Å²) in [7, 11) is 0. The first-order valence-electron chi connectivity index (χ1n) is 36.8. The van der Waals surface area contributed by atoms with Crippen LogP contribution in [0.3, 0.4) is 0 Å². The summed E-state index contributed by atoms with van der Waals surface area (Å²) in [6, 6.07) is 0.357. The van der Waals surface area contributed by atoms with Crippen molar-refractivity contribution in [2.24, 2.45) is 82.3 Å². The van der Waals surface area contributed by atoms with E-state index in [0.29, 0.717) is 83.1 Å². The molecule has 2 saturated carbocycles. The fraction of sp³-hybridized carbons (Fsp3) is 0.880. The molecule has 1 radical (unpaired) electrons. The summed E-state index contributed by atoms with van der Waals surface area (Å²) in [6.45, 7) is 32.5. The molecule has 2 aliphatic rings. The van der Waals surface area contributed by atoms with Crippen LogP contribution in [-0.4, -0.2) is 283 Å². The van der Waals surface area contributed by atoms with E-state index in [9.17, 15) is 43.2 Å². The van der Waals surface area contributed by atoms with Gasteiger partial charge in [-0.2, -0.15) is 0 Å². The van der Waals surface area contributed by atoms with E-state index >= 15 is 0 Å². The number of carboxylic acids is 7. The van der Waals surface area contributed by atoms with Gasteiger partial charge in [0.05, 0.1) is 103 Å². The third kappa shape index (κ3) is 84.0. The van der Waals surface area contributed by atoms with Gasteiger partial charge in [-0.15, -0.1) is 0 Å². The minimum atomic E-state index is -0.886. The Morgan fingerprint density at radius 3 is 1.22 bits per heavy atom. The molecule has 0 heterocycles. The smallest absolute Gasteiger partial charge is 0.309 e. The first-order valence-corrected chi connectivity index (χ1v) is 36.8. The number of carbonyl (C=O) groups excluding carboxylic acids is 2. The maximum atomic E-state index is 10.7. The number of nitrogens with zero attached hydrogens (tertiary/aromatic N) is 2. The number of ether oxygens (including phenoxy) is 2. The fourth-order valence-corrected chi connectivity index (χ4v) is 11.4. The molecular formula is C75H149N5NaO27. The quantitative estimate of drug-likeness (QED) is 0.0130. The Bertz CT molecular complexity index is 2320. The van der Waals surface area contributed by atoms with E-state index < -0.39 is 63.9 Å². The van der Waals surface area contributed by atoms with Crippen molar-refractivity contribution in [2.45, 2.75) is 264 Å². The number of aliphatic hydroxyl groups is 9. The molecule has 0 amide bonds. The van der Waals surface area contributed by atoms with Gasteiger partial charge >= 0.3 is 41.8 Å². The SMILES string of the molecule is CC(C)(CO)CO.CC(CC(=O)O)CC(C)(C)C(=O)O.CC(CC(C)(C)CC(=O)O)C(=O)O.CC1(C)CC(N)CC(C)(CN)C1.CC1(C)CC(N=C=O)CC(C)(CN=C=O)C1.CCC(CO)(CO)CO.NCCCCCC(=O)O.O=C(O)CCCCC(=O)O.OCCCCCCO.OCCOCCOCCO.[Na]. The molecule has 6 atom stereocenters. The first-order chi connectivity index (χ1) is 49.4. The van der Waals surface area contributed by atoms with Gasteiger partial charge in [0.2, 0.25) is 12.2 Å². The number of hydrogen-bond acceptors (Lipinski definition) is 25. The van der Waals surface area contributed by atoms with Gasteiger partial charge in [-0.05, 0) is 156 Å². The van der Waals surface area contributed by atoms with Crippen LogP contribution in [0.15, 0.2) is 9.98 Å². The predicted molar refractivity (Wildman–Crippen MR) is 413 cm³/mol. The minimum Gasteiger partial charge on any atom is -0.481 e. The topological polar surface area (TPSA) is 599 Å². The molecule has 0 aromatic carbocycles. The molecule has 32 nitrogen and oxygen atoms in total. The van der Waals surface area contributed by atoms with Crippen LogP contribution in [0.25, 0.3) is 0 Å². The maximum Gasteiger partial charge on any atom is 0.309 e. The molecule has 0 saturated heterocycles. The summed E-state index contributed by atoms with van der Waals surface area (Å²) >= 11 is 0. The molecule has 0 spiro atoms. The van der Waals surface area contributed by atoms with Crippen molar-refractivity contribution in [3.8, 4) is 0 Å². The van der Waals surface area contributed by atoms with E-state index in [0.717, 1.165) is 83.6 Å². The molecule has 0 aromatic heterocycles. The molecule has 2 aliphatic carbocycles. The van der Waals surface area contributed by atoms with E-state index in [1.54, 1.807) is 67.5 Å². The number of carbonyl (C=O) groups is 7. The minimum absolute atomic E-state index is 0. The normalized spacial score (nSPS) is 17.8. The first kappa shape index (κ1) is 122. The van der Waals surface area contributed by atoms with Gasteiger partial charge in [-0.25, -0.2) is 19.6 Å². The number of carboxylic acid groups (broad SMARTS) is 7. The zero-order valence-electron chi connectivity index (χ0n) is 68.7. The van der Waals surface area contributed by atoms with Crippen LogP contribution in [0.4, 0.5) is 0 Å². The number of isocyanates is 2. The Balaban J connectivity index is -0.000000145. The Morgan fingerprint density at radius 2 is 0.926 bits per heavy atom. The Hall–Kier alpha value is -4.51. The zero-order valence-corrected chi connectivity index (χ0v) is 70.7. The molecule has 22 N–H and O–H groups in total. The summed E-state index contributed by atoms with van der Waals surface area (Å²) < 4.78 is 9.75. The van der Waals surface area contributed by atoms with Crippen LogP contribution in [0.5, 0.6) is 0 Å². The van der Waals surface area contributed by atoms with Gasteiger partial charge in [-0.3, -0.25) is 33.6 Å². The number of rotatable bonds is 42. The summed E-state index contributed by atoms with van der Waals surface area (Å²) in [5.41, 5.74) is 15.4. The summed E-state index contributed by atoms with van der Waals surface area (Å²) in [5, 5.41) is 135. The molecule has 33 heteroatoms. The van der Waals surface area contributed by atoms with E-state index in [1.807, 2.05) is 6.92 Å². The number of unbranched alkanes of at least 4 members (excludes halogenated alkanes) is 6. The van der Waals surface area contributed by atoms with Crippen LogP contribution in [0.2, 0.25) is 0 Å². The van der Waals surface area contributed by atoms with Crippen molar-refractivity contribution in [3.63, 3.8) is 0 Å². The second kappa shape index (κ2) is 71.5. The summed E-state index contributed by atoms with van der Waals surface area (Å²) in [5.74, 6) is -6.58. The van der Waals surface area contributed by atoms with Crippen molar-refractivity contribution in [2.75, 3.05) is 106 Å². The van der Waals surface area contributed by atoms with Crippen molar-refractivity contribution in [1.82, 2.24) is 0 Å². The molecule has 6 unspecified atom stereocenters. The Labute approximate surface area is 665 Å². The van der Waals surface area contributed by atoms with Crippen LogP contribution in [-0.2, 0) is 52.6 Å². The maximum absolute atomic E-state index is 10.7.